The standard InChI is InChI=1S/C10H14N2/c1-8(2)6-11-10-5-4-9(3)7-12-10/h4-7H,1-3H3,(H,11,12). The molecular formula is C10H14N2. The highest BCUT2D eigenvalue weighted by atomic mass is 15.0. The van der Waals surface area contributed by atoms with Gasteiger partial charge >= 0.3 is 0 Å². The molecule has 0 spiro atoms. The summed E-state index contributed by atoms with van der Waals surface area (Å²) in [5.41, 5.74) is 2.41. The highest BCUT2D eigenvalue weighted by molar-refractivity contribution is 5.38. The lowest BCUT2D eigenvalue weighted by atomic mass is 10.3. The van der Waals surface area contributed by atoms with E-state index in [1.165, 1.54) is 11.1 Å². The van der Waals surface area contributed by atoms with Crippen molar-refractivity contribution < 1.29 is 0 Å². The summed E-state index contributed by atoms with van der Waals surface area (Å²) in [6.07, 6.45) is 3.79. The van der Waals surface area contributed by atoms with Gasteiger partial charge in [0.2, 0.25) is 0 Å². The summed E-state index contributed by atoms with van der Waals surface area (Å²) in [5.74, 6) is 0.891. The Balaban J connectivity index is 2.65. The molecule has 0 aliphatic rings. The van der Waals surface area contributed by atoms with Crippen LogP contribution in [0.25, 0.3) is 0 Å². The van der Waals surface area contributed by atoms with Gasteiger partial charge in [0.15, 0.2) is 0 Å². The summed E-state index contributed by atoms with van der Waals surface area (Å²) < 4.78 is 0. The largest absolute Gasteiger partial charge is 0.347 e. The molecule has 1 aromatic rings. The van der Waals surface area contributed by atoms with Crippen LogP contribution in [0.1, 0.15) is 19.4 Å². The number of aromatic nitrogens is 1. The molecule has 0 atom stereocenters. The number of nitrogens with one attached hydrogen (secondary N) is 1. The van der Waals surface area contributed by atoms with Crippen LogP contribution in [0, 0.1) is 6.92 Å². The minimum atomic E-state index is 0.891. The SMILES string of the molecule is CC(C)=CNc1ccc(C)cn1. The first-order valence-corrected chi connectivity index (χ1v) is 4.01. The molecule has 0 saturated carbocycles. The molecule has 0 amide bonds. The number of aryl methyl sites for hydroxylation is 1. The van der Waals surface area contributed by atoms with Gasteiger partial charge in [-0.15, -0.1) is 0 Å². The zero-order chi connectivity index (χ0) is 8.97. The van der Waals surface area contributed by atoms with E-state index < -0.39 is 0 Å². The maximum atomic E-state index is 4.19. The fourth-order valence-corrected chi connectivity index (χ4v) is 0.771. The Labute approximate surface area is 73.3 Å². The summed E-state index contributed by atoms with van der Waals surface area (Å²) in [7, 11) is 0. The number of hydrogen-bond donors (Lipinski definition) is 1. The monoisotopic (exact) mass is 162 g/mol. The van der Waals surface area contributed by atoms with Crippen LogP contribution in [0.2, 0.25) is 0 Å². The Morgan fingerprint density at radius 3 is 2.67 bits per heavy atom. The van der Waals surface area contributed by atoms with Crippen LogP contribution < -0.4 is 5.32 Å². The molecule has 1 rings (SSSR count). The maximum Gasteiger partial charge on any atom is 0.129 e. The molecule has 0 aliphatic heterocycles. The van der Waals surface area contributed by atoms with E-state index in [9.17, 15) is 0 Å². The lowest BCUT2D eigenvalue weighted by Crippen LogP contribution is -1.91. The Kier molecular flexibility index (Phi) is 2.86. The topological polar surface area (TPSA) is 24.9 Å². The van der Waals surface area contributed by atoms with Crippen LogP contribution in [0.4, 0.5) is 5.82 Å². The van der Waals surface area contributed by atoms with E-state index in [2.05, 4.69) is 10.3 Å². The Hall–Kier alpha value is -1.31. The Morgan fingerprint density at radius 2 is 2.17 bits per heavy atom. The quantitative estimate of drug-likeness (QED) is 0.723. The van der Waals surface area contributed by atoms with Crippen molar-refractivity contribution in [2.24, 2.45) is 0 Å². The summed E-state index contributed by atoms with van der Waals surface area (Å²) in [4.78, 5) is 4.19. The van der Waals surface area contributed by atoms with Crippen LogP contribution in [-0.2, 0) is 0 Å². The zero-order valence-corrected chi connectivity index (χ0v) is 7.76. The van der Waals surface area contributed by atoms with E-state index in [0.29, 0.717) is 0 Å². The molecule has 1 aromatic heterocycles. The van der Waals surface area contributed by atoms with Crippen LogP contribution in [0.5, 0.6) is 0 Å². The molecule has 0 aliphatic carbocycles. The van der Waals surface area contributed by atoms with Crippen molar-refractivity contribution in [2.45, 2.75) is 20.8 Å². The molecule has 0 bridgehead atoms. The second kappa shape index (κ2) is 3.90. The van der Waals surface area contributed by atoms with Crippen LogP contribution >= 0.6 is 0 Å². The fourth-order valence-electron chi connectivity index (χ4n) is 0.771. The molecule has 12 heavy (non-hydrogen) atoms. The molecule has 1 heterocycles. The van der Waals surface area contributed by atoms with Gasteiger partial charge in [0, 0.05) is 12.4 Å². The Morgan fingerprint density at radius 1 is 1.42 bits per heavy atom. The number of allylic oxidation sites excluding steroid dienone is 1. The minimum absolute atomic E-state index is 0.891. The van der Waals surface area contributed by atoms with Gasteiger partial charge in [-0.3, -0.25) is 0 Å². The fraction of sp³-hybridized carbons (Fsp3) is 0.300. The van der Waals surface area contributed by atoms with Crippen LogP contribution in [-0.4, -0.2) is 4.98 Å². The van der Waals surface area contributed by atoms with Gasteiger partial charge in [-0.05, 0) is 32.4 Å². The molecule has 0 unspecified atom stereocenters. The van der Waals surface area contributed by atoms with Gasteiger partial charge in [-0.1, -0.05) is 11.6 Å². The lowest BCUT2D eigenvalue weighted by molar-refractivity contribution is 1.25. The van der Waals surface area contributed by atoms with Gasteiger partial charge in [-0.2, -0.15) is 0 Å². The summed E-state index contributed by atoms with van der Waals surface area (Å²) in [5, 5.41) is 3.10. The molecule has 2 nitrogen and oxygen atoms in total. The normalized spacial score (nSPS) is 9.25. The minimum Gasteiger partial charge on any atom is -0.347 e. The first kappa shape index (κ1) is 8.78. The van der Waals surface area contributed by atoms with E-state index in [-0.39, 0.29) is 0 Å². The van der Waals surface area contributed by atoms with E-state index in [1.807, 2.05) is 45.3 Å². The molecule has 1 N–H and O–H groups in total. The van der Waals surface area contributed by atoms with Crippen molar-refractivity contribution >= 4 is 5.82 Å². The average Bonchev–Trinajstić information content (AvgIpc) is 2.03. The molecule has 0 saturated heterocycles. The van der Waals surface area contributed by atoms with Gasteiger partial charge in [0.05, 0.1) is 0 Å². The number of rotatable bonds is 2. The number of pyridine rings is 1. The van der Waals surface area contributed by atoms with Gasteiger partial charge in [0.1, 0.15) is 5.82 Å². The van der Waals surface area contributed by atoms with E-state index >= 15 is 0 Å². The molecular weight excluding hydrogens is 148 g/mol. The number of hydrogen-bond acceptors (Lipinski definition) is 2. The summed E-state index contributed by atoms with van der Waals surface area (Å²) >= 11 is 0. The average molecular weight is 162 g/mol. The molecule has 0 aromatic carbocycles. The Bertz CT molecular complexity index is 268. The summed E-state index contributed by atoms with van der Waals surface area (Å²) in [6, 6.07) is 4.00. The molecule has 0 radical (unpaired) electrons. The second-order valence-electron chi connectivity index (χ2n) is 3.09. The third-order valence-corrected chi connectivity index (χ3v) is 1.42. The van der Waals surface area contributed by atoms with E-state index in [4.69, 9.17) is 0 Å². The number of nitrogens with zero attached hydrogens (tertiary/aromatic N) is 1. The lowest BCUT2D eigenvalue weighted by Gasteiger charge is -1.99. The predicted molar refractivity (Wildman–Crippen MR) is 52.0 cm³/mol. The van der Waals surface area contributed by atoms with Crippen LogP contribution in [0.3, 0.4) is 0 Å². The smallest absolute Gasteiger partial charge is 0.129 e. The van der Waals surface area contributed by atoms with E-state index in [0.717, 1.165) is 5.82 Å². The highest BCUT2D eigenvalue weighted by Gasteiger charge is 1.88. The first-order valence-electron chi connectivity index (χ1n) is 4.01. The number of anilines is 1. The third kappa shape index (κ3) is 2.74. The van der Waals surface area contributed by atoms with Gasteiger partial charge in [0.25, 0.3) is 0 Å². The zero-order valence-electron chi connectivity index (χ0n) is 7.76. The van der Waals surface area contributed by atoms with Crippen molar-refractivity contribution in [1.82, 2.24) is 4.98 Å². The second-order valence-corrected chi connectivity index (χ2v) is 3.09. The molecule has 2 heteroatoms. The predicted octanol–water partition coefficient (Wildman–Crippen LogP) is 2.73. The van der Waals surface area contributed by atoms with Crippen LogP contribution in [0.15, 0.2) is 30.1 Å². The summed E-state index contributed by atoms with van der Waals surface area (Å²) in [6.45, 7) is 6.11. The van der Waals surface area contributed by atoms with Crippen molar-refractivity contribution in [3.63, 3.8) is 0 Å². The van der Waals surface area contributed by atoms with Crippen molar-refractivity contribution in [1.29, 1.82) is 0 Å². The van der Waals surface area contributed by atoms with E-state index in [1.54, 1.807) is 0 Å². The molecule has 0 fully saturated rings. The van der Waals surface area contributed by atoms with Crippen molar-refractivity contribution in [2.75, 3.05) is 5.32 Å². The van der Waals surface area contributed by atoms with Crippen molar-refractivity contribution in [3.05, 3.63) is 35.7 Å². The highest BCUT2D eigenvalue weighted by Crippen LogP contribution is 2.04. The van der Waals surface area contributed by atoms with Crippen molar-refractivity contribution in [3.8, 4) is 0 Å². The third-order valence-electron chi connectivity index (χ3n) is 1.42. The maximum absolute atomic E-state index is 4.19. The first-order chi connectivity index (χ1) is 5.68. The van der Waals surface area contributed by atoms with Gasteiger partial charge in [-0.25, -0.2) is 4.98 Å². The molecule has 64 valence electrons. The van der Waals surface area contributed by atoms with Gasteiger partial charge < -0.3 is 5.32 Å².